The van der Waals surface area contributed by atoms with Gasteiger partial charge in [0.05, 0.1) is 11.6 Å². The predicted molar refractivity (Wildman–Crippen MR) is 49.4 cm³/mol. The molecule has 12 heavy (non-hydrogen) atoms. The van der Waals surface area contributed by atoms with Gasteiger partial charge in [-0.1, -0.05) is 0 Å². The molecule has 0 aliphatic heterocycles. The summed E-state index contributed by atoms with van der Waals surface area (Å²) in [6, 6.07) is 0. The van der Waals surface area contributed by atoms with Crippen molar-refractivity contribution in [1.29, 1.82) is 0 Å². The van der Waals surface area contributed by atoms with Crippen LogP contribution in [0.1, 0.15) is 9.88 Å². The smallest absolute Gasteiger partial charge is 0.235 e. The molecule has 1 heterocycles. The number of halogens is 1. The highest BCUT2D eigenvalue weighted by molar-refractivity contribution is 7.11. The number of nitrogens with one attached hydrogen (secondary N) is 1. The van der Waals surface area contributed by atoms with E-state index in [-0.39, 0.29) is 11.8 Å². The van der Waals surface area contributed by atoms with Gasteiger partial charge in [0, 0.05) is 11.1 Å². The van der Waals surface area contributed by atoms with Gasteiger partial charge in [0.15, 0.2) is 0 Å². The number of amides is 1. The Morgan fingerprint density at radius 1 is 1.83 bits per heavy atom. The van der Waals surface area contributed by atoms with Crippen molar-refractivity contribution in [3.8, 4) is 0 Å². The predicted octanol–water partition coefficient (Wildman–Crippen LogP) is 1.31. The first-order valence-electron chi connectivity index (χ1n) is 3.46. The molecule has 0 radical (unpaired) electrons. The number of thiazole rings is 1. The number of rotatable bonds is 3. The molecule has 0 saturated carbocycles. The quantitative estimate of drug-likeness (QED) is 0.755. The number of hydrogen-bond donors (Lipinski definition) is 1. The van der Waals surface area contributed by atoms with Gasteiger partial charge in [-0.25, -0.2) is 4.98 Å². The van der Waals surface area contributed by atoms with Crippen LogP contribution >= 0.6 is 22.9 Å². The number of aryl methyl sites for hydroxylation is 1. The zero-order chi connectivity index (χ0) is 8.97. The van der Waals surface area contributed by atoms with Gasteiger partial charge in [0.1, 0.15) is 5.88 Å². The van der Waals surface area contributed by atoms with Crippen molar-refractivity contribution in [2.45, 2.75) is 13.5 Å². The van der Waals surface area contributed by atoms with Crippen molar-refractivity contribution in [3.05, 3.63) is 16.1 Å². The molecule has 0 fully saturated rings. The minimum absolute atomic E-state index is 0.0117. The van der Waals surface area contributed by atoms with Gasteiger partial charge in [-0.15, -0.1) is 22.9 Å². The average molecular weight is 205 g/mol. The number of hydrogen-bond acceptors (Lipinski definition) is 3. The summed E-state index contributed by atoms with van der Waals surface area (Å²) in [4.78, 5) is 15.8. The largest absolute Gasteiger partial charge is 0.350 e. The molecule has 0 aliphatic carbocycles. The average Bonchev–Trinajstić information content (AvgIpc) is 2.47. The summed E-state index contributed by atoms with van der Waals surface area (Å²) in [5.74, 6) is -0.139. The first-order valence-corrected chi connectivity index (χ1v) is 4.81. The van der Waals surface area contributed by atoms with Gasteiger partial charge in [-0.2, -0.15) is 0 Å². The van der Waals surface area contributed by atoms with Crippen molar-refractivity contribution in [1.82, 2.24) is 10.3 Å². The van der Waals surface area contributed by atoms with Crippen molar-refractivity contribution >= 4 is 28.8 Å². The molecule has 5 heteroatoms. The zero-order valence-corrected chi connectivity index (χ0v) is 8.21. The lowest BCUT2D eigenvalue weighted by Crippen LogP contribution is -2.23. The Hall–Kier alpha value is -0.610. The van der Waals surface area contributed by atoms with Gasteiger partial charge >= 0.3 is 0 Å². The third kappa shape index (κ3) is 2.79. The van der Waals surface area contributed by atoms with E-state index in [1.54, 1.807) is 17.5 Å². The standard InChI is InChI=1S/C7H9ClN2OS/c1-5-9-3-6(12-5)4-10-7(11)2-8/h3H,2,4H2,1H3,(H,10,11). The number of aromatic nitrogens is 1. The highest BCUT2D eigenvalue weighted by atomic mass is 35.5. The summed E-state index contributed by atoms with van der Waals surface area (Å²) in [7, 11) is 0. The Kier molecular flexibility index (Phi) is 3.49. The minimum Gasteiger partial charge on any atom is -0.350 e. The van der Waals surface area contributed by atoms with Crippen LogP contribution in [0.3, 0.4) is 0 Å². The maximum Gasteiger partial charge on any atom is 0.235 e. The maximum absolute atomic E-state index is 10.7. The van der Waals surface area contributed by atoms with Crippen LogP contribution in [0.5, 0.6) is 0 Å². The summed E-state index contributed by atoms with van der Waals surface area (Å²) >= 11 is 6.87. The second kappa shape index (κ2) is 4.42. The van der Waals surface area contributed by atoms with Crippen LogP contribution in [-0.4, -0.2) is 16.8 Å². The number of carbonyl (C=O) groups excluding carboxylic acids is 1. The molecule has 0 aromatic carbocycles. The molecule has 0 bridgehead atoms. The molecule has 0 saturated heterocycles. The third-order valence-electron chi connectivity index (χ3n) is 1.25. The van der Waals surface area contributed by atoms with Crippen molar-refractivity contribution in [2.24, 2.45) is 0 Å². The molecule has 66 valence electrons. The zero-order valence-electron chi connectivity index (χ0n) is 6.63. The normalized spacial score (nSPS) is 9.83. The topological polar surface area (TPSA) is 42.0 Å². The molecule has 1 N–H and O–H groups in total. The molecule has 3 nitrogen and oxygen atoms in total. The van der Waals surface area contributed by atoms with Crippen molar-refractivity contribution < 1.29 is 4.79 Å². The summed E-state index contributed by atoms with van der Waals surface area (Å²) < 4.78 is 0. The molecule has 1 aromatic rings. The fraction of sp³-hybridized carbons (Fsp3) is 0.429. The molecule has 1 aromatic heterocycles. The second-order valence-electron chi connectivity index (χ2n) is 2.26. The molecule has 0 aliphatic rings. The monoisotopic (exact) mass is 204 g/mol. The third-order valence-corrected chi connectivity index (χ3v) is 2.41. The van der Waals surface area contributed by atoms with E-state index < -0.39 is 0 Å². The van der Waals surface area contributed by atoms with Gasteiger partial charge in [0.25, 0.3) is 0 Å². The van der Waals surface area contributed by atoms with E-state index >= 15 is 0 Å². The summed E-state index contributed by atoms with van der Waals surface area (Å²) in [6.07, 6.45) is 1.76. The lowest BCUT2D eigenvalue weighted by Gasteiger charge is -1.97. The molecule has 0 unspecified atom stereocenters. The fourth-order valence-corrected chi connectivity index (χ4v) is 1.55. The van der Waals surface area contributed by atoms with E-state index in [4.69, 9.17) is 11.6 Å². The Bertz CT molecular complexity index is 274. The van der Waals surface area contributed by atoms with Crippen LogP contribution in [0, 0.1) is 6.92 Å². The van der Waals surface area contributed by atoms with Gasteiger partial charge in [0.2, 0.25) is 5.91 Å². The Morgan fingerprint density at radius 2 is 2.58 bits per heavy atom. The van der Waals surface area contributed by atoms with Gasteiger partial charge in [-0.3, -0.25) is 4.79 Å². The minimum atomic E-state index is -0.150. The van der Waals surface area contributed by atoms with E-state index in [2.05, 4.69) is 10.3 Å². The Labute approximate surface area is 79.8 Å². The summed E-state index contributed by atoms with van der Waals surface area (Å²) in [5, 5.41) is 3.67. The highest BCUT2D eigenvalue weighted by Gasteiger charge is 2.00. The molecule has 0 spiro atoms. The van der Waals surface area contributed by atoms with E-state index in [1.165, 1.54) is 0 Å². The maximum atomic E-state index is 10.7. The number of carbonyl (C=O) groups is 1. The van der Waals surface area contributed by atoms with Crippen LogP contribution in [0.25, 0.3) is 0 Å². The van der Waals surface area contributed by atoms with Crippen LogP contribution in [0.4, 0.5) is 0 Å². The first kappa shape index (κ1) is 9.48. The highest BCUT2D eigenvalue weighted by Crippen LogP contribution is 2.10. The Morgan fingerprint density at radius 3 is 3.08 bits per heavy atom. The van der Waals surface area contributed by atoms with Gasteiger partial charge in [-0.05, 0) is 6.92 Å². The van der Waals surface area contributed by atoms with E-state index in [1.807, 2.05) is 6.92 Å². The van der Waals surface area contributed by atoms with Crippen molar-refractivity contribution in [3.63, 3.8) is 0 Å². The van der Waals surface area contributed by atoms with Crippen LogP contribution < -0.4 is 5.32 Å². The fourth-order valence-electron chi connectivity index (χ4n) is 0.720. The van der Waals surface area contributed by atoms with E-state index in [0.717, 1.165) is 9.88 Å². The molecular weight excluding hydrogens is 196 g/mol. The lowest BCUT2D eigenvalue weighted by molar-refractivity contribution is -0.118. The second-order valence-corrected chi connectivity index (χ2v) is 3.84. The number of nitrogens with zero attached hydrogens (tertiary/aromatic N) is 1. The molecular formula is C7H9ClN2OS. The molecule has 1 rings (SSSR count). The van der Waals surface area contributed by atoms with Crippen molar-refractivity contribution in [2.75, 3.05) is 5.88 Å². The van der Waals surface area contributed by atoms with Crippen LogP contribution in [-0.2, 0) is 11.3 Å². The number of alkyl halides is 1. The van der Waals surface area contributed by atoms with Crippen LogP contribution in [0.2, 0.25) is 0 Å². The molecule has 1 amide bonds. The molecule has 0 atom stereocenters. The summed E-state index contributed by atoms with van der Waals surface area (Å²) in [6.45, 7) is 2.45. The van der Waals surface area contributed by atoms with Crippen LogP contribution in [0.15, 0.2) is 6.20 Å². The summed E-state index contributed by atoms with van der Waals surface area (Å²) in [5.41, 5.74) is 0. The van der Waals surface area contributed by atoms with Gasteiger partial charge < -0.3 is 5.32 Å². The van der Waals surface area contributed by atoms with E-state index in [0.29, 0.717) is 6.54 Å². The lowest BCUT2D eigenvalue weighted by atomic mass is 10.5. The first-order chi connectivity index (χ1) is 5.72. The van der Waals surface area contributed by atoms with E-state index in [9.17, 15) is 4.79 Å². The Balaban J connectivity index is 2.38. The SMILES string of the molecule is Cc1ncc(CNC(=O)CCl)s1.